The molecule has 0 radical (unpaired) electrons. The Kier molecular flexibility index (Phi) is 8.62. The van der Waals surface area contributed by atoms with E-state index in [1.165, 1.54) is 51.4 Å². The second-order valence-corrected chi connectivity index (χ2v) is 4.97. The number of carbonyl (C=O) groups excluding carboxylic acids is 1. The molecule has 0 heterocycles. The van der Waals surface area contributed by atoms with Gasteiger partial charge in [-0.25, -0.2) is 0 Å². The molecular formula is C16H26O. The summed E-state index contributed by atoms with van der Waals surface area (Å²) in [4.78, 5) is 11.5. The first-order valence-electron chi connectivity index (χ1n) is 7.25. The largest absolute Gasteiger partial charge is 0.295 e. The lowest BCUT2D eigenvalue weighted by Crippen LogP contribution is -1.92. The lowest BCUT2D eigenvalue weighted by atomic mass is 10.0. The highest BCUT2D eigenvalue weighted by atomic mass is 16.1. The van der Waals surface area contributed by atoms with Crippen LogP contribution in [-0.4, -0.2) is 5.78 Å². The number of hydrogen-bond acceptors (Lipinski definition) is 1. The van der Waals surface area contributed by atoms with Crippen molar-refractivity contribution in [3.05, 3.63) is 24.3 Å². The molecule has 1 aliphatic rings. The molecule has 1 nitrogen and oxygen atoms in total. The minimum absolute atomic E-state index is 0.279. The van der Waals surface area contributed by atoms with E-state index in [1.807, 2.05) is 12.2 Å². The second kappa shape index (κ2) is 10.3. The van der Waals surface area contributed by atoms with E-state index in [9.17, 15) is 4.79 Å². The molecule has 0 aliphatic heterocycles. The molecule has 0 aromatic heterocycles. The van der Waals surface area contributed by atoms with Gasteiger partial charge in [-0.2, -0.15) is 0 Å². The van der Waals surface area contributed by atoms with Crippen LogP contribution in [0.4, 0.5) is 0 Å². The minimum Gasteiger partial charge on any atom is -0.295 e. The Balaban J connectivity index is 2.28. The zero-order chi connectivity index (χ0) is 12.2. The summed E-state index contributed by atoms with van der Waals surface area (Å²) < 4.78 is 0. The molecule has 0 spiro atoms. The summed E-state index contributed by atoms with van der Waals surface area (Å²) in [5, 5.41) is 0. The van der Waals surface area contributed by atoms with Gasteiger partial charge in [0.25, 0.3) is 0 Å². The van der Waals surface area contributed by atoms with E-state index in [0.29, 0.717) is 0 Å². The summed E-state index contributed by atoms with van der Waals surface area (Å²) in [6.45, 7) is 0. The summed E-state index contributed by atoms with van der Waals surface area (Å²) in [6, 6.07) is 0. The van der Waals surface area contributed by atoms with Gasteiger partial charge in [-0.15, -0.1) is 0 Å². The molecule has 0 atom stereocenters. The molecule has 1 rings (SSSR count). The van der Waals surface area contributed by atoms with Gasteiger partial charge in [0.15, 0.2) is 5.78 Å². The van der Waals surface area contributed by atoms with E-state index in [4.69, 9.17) is 0 Å². The smallest absolute Gasteiger partial charge is 0.155 e. The van der Waals surface area contributed by atoms with Crippen LogP contribution in [0.25, 0.3) is 0 Å². The van der Waals surface area contributed by atoms with E-state index < -0.39 is 0 Å². The third-order valence-electron chi connectivity index (χ3n) is 3.32. The topological polar surface area (TPSA) is 17.1 Å². The SMILES string of the molecule is O=C1/C=C/C=C/CCCCCCCCCCC1. The van der Waals surface area contributed by atoms with Gasteiger partial charge in [-0.1, -0.05) is 63.2 Å². The van der Waals surface area contributed by atoms with Crippen LogP contribution < -0.4 is 0 Å². The molecule has 96 valence electrons. The van der Waals surface area contributed by atoms with Crippen LogP contribution in [0.3, 0.4) is 0 Å². The zero-order valence-electron chi connectivity index (χ0n) is 11.0. The van der Waals surface area contributed by atoms with Crippen molar-refractivity contribution in [3.63, 3.8) is 0 Å². The van der Waals surface area contributed by atoms with Crippen LogP contribution in [0.5, 0.6) is 0 Å². The van der Waals surface area contributed by atoms with Crippen molar-refractivity contribution in [1.29, 1.82) is 0 Å². The van der Waals surface area contributed by atoms with Crippen molar-refractivity contribution in [2.45, 2.75) is 70.6 Å². The van der Waals surface area contributed by atoms with Gasteiger partial charge >= 0.3 is 0 Å². The molecule has 0 fully saturated rings. The fourth-order valence-corrected chi connectivity index (χ4v) is 2.22. The molecule has 0 bridgehead atoms. The van der Waals surface area contributed by atoms with Gasteiger partial charge in [0.2, 0.25) is 0 Å². The number of rotatable bonds is 0. The zero-order valence-corrected chi connectivity index (χ0v) is 11.0. The fourth-order valence-electron chi connectivity index (χ4n) is 2.22. The Morgan fingerprint density at radius 3 is 2.00 bits per heavy atom. The van der Waals surface area contributed by atoms with Crippen molar-refractivity contribution in [2.24, 2.45) is 0 Å². The molecule has 0 aromatic carbocycles. The molecule has 17 heavy (non-hydrogen) atoms. The van der Waals surface area contributed by atoms with Crippen LogP contribution in [0.2, 0.25) is 0 Å². The number of hydrogen-bond donors (Lipinski definition) is 0. The van der Waals surface area contributed by atoms with Gasteiger partial charge in [-0.3, -0.25) is 4.79 Å². The van der Waals surface area contributed by atoms with Gasteiger partial charge in [-0.05, 0) is 25.3 Å². The monoisotopic (exact) mass is 234 g/mol. The van der Waals surface area contributed by atoms with E-state index in [0.717, 1.165) is 19.3 Å². The molecule has 0 aromatic rings. The standard InChI is InChI=1S/C16H26O/c17-16-14-12-10-8-6-4-2-1-3-5-7-9-11-13-15-16/h8,10,12,14H,1-7,9,11,13,15H2/b10-8+,14-12+. The highest BCUT2D eigenvalue weighted by Gasteiger charge is 1.97. The van der Waals surface area contributed by atoms with Crippen molar-refractivity contribution < 1.29 is 4.79 Å². The normalized spacial score (nSPS) is 25.3. The van der Waals surface area contributed by atoms with Crippen molar-refractivity contribution in [2.75, 3.05) is 0 Å². The first kappa shape index (κ1) is 14.2. The van der Waals surface area contributed by atoms with Gasteiger partial charge in [0.05, 0.1) is 0 Å². The average molecular weight is 234 g/mol. The number of allylic oxidation sites excluding steroid dienone is 4. The summed E-state index contributed by atoms with van der Waals surface area (Å²) in [7, 11) is 0. The molecule has 0 unspecified atom stereocenters. The van der Waals surface area contributed by atoms with Gasteiger partial charge in [0.1, 0.15) is 0 Å². The maximum atomic E-state index is 11.5. The van der Waals surface area contributed by atoms with Gasteiger partial charge in [0, 0.05) is 6.42 Å². The van der Waals surface area contributed by atoms with E-state index in [-0.39, 0.29) is 5.78 Å². The van der Waals surface area contributed by atoms with E-state index in [1.54, 1.807) is 6.08 Å². The van der Waals surface area contributed by atoms with Crippen molar-refractivity contribution >= 4 is 5.78 Å². The maximum absolute atomic E-state index is 11.5. The van der Waals surface area contributed by atoms with E-state index >= 15 is 0 Å². The molecule has 1 aliphatic carbocycles. The average Bonchev–Trinajstić information content (AvgIpc) is 2.32. The molecule has 0 saturated heterocycles. The van der Waals surface area contributed by atoms with Crippen LogP contribution in [0.1, 0.15) is 70.6 Å². The molecule has 1 heteroatoms. The molecule has 0 N–H and O–H groups in total. The van der Waals surface area contributed by atoms with Crippen LogP contribution in [0.15, 0.2) is 24.3 Å². The lowest BCUT2D eigenvalue weighted by molar-refractivity contribution is -0.114. The van der Waals surface area contributed by atoms with Gasteiger partial charge < -0.3 is 0 Å². The Labute approximate surface area is 106 Å². The third kappa shape index (κ3) is 8.91. The Morgan fingerprint density at radius 1 is 0.706 bits per heavy atom. The Morgan fingerprint density at radius 2 is 1.29 bits per heavy atom. The summed E-state index contributed by atoms with van der Waals surface area (Å²) in [6.07, 6.45) is 21.4. The first-order chi connectivity index (χ1) is 8.39. The number of ketones is 1. The van der Waals surface area contributed by atoms with Crippen LogP contribution in [0, 0.1) is 0 Å². The fraction of sp³-hybridized carbons (Fsp3) is 0.688. The highest BCUT2D eigenvalue weighted by molar-refractivity contribution is 5.89. The summed E-state index contributed by atoms with van der Waals surface area (Å²) >= 11 is 0. The summed E-state index contributed by atoms with van der Waals surface area (Å²) in [5.41, 5.74) is 0. The highest BCUT2D eigenvalue weighted by Crippen LogP contribution is 2.12. The molecular weight excluding hydrogens is 208 g/mol. The van der Waals surface area contributed by atoms with E-state index in [2.05, 4.69) is 6.08 Å². The Hall–Kier alpha value is -0.850. The quantitative estimate of drug-likeness (QED) is 0.578. The second-order valence-electron chi connectivity index (χ2n) is 4.97. The van der Waals surface area contributed by atoms with Crippen molar-refractivity contribution in [3.8, 4) is 0 Å². The van der Waals surface area contributed by atoms with Crippen molar-refractivity contribution in [1.82, 2.24) is 0 Å². The van der Waals surface area contributed by atoms with Crippen LogP contribution >= 0.6 is 0 Å². The van der Waals surface area contributed by atoms with Crippen LogP contribution in [-0.2, 0) is 4.79 Å². The first-order valence-corrected chi connectivity index (χ1v) is 7.25. The molecule has 0 amide bonds. The predicted octanol–water partition coefficient (Wildman–Crippen LogP) is 4.97. The minimum atomic E-state index is 0.279. The number of carbonyl (C=O) groups is 1. The summed E-state index contributed by atoms with van der Waals surface area (Å²) in [5.74, 6) is 0.279. The Bertz CT molecular complexity index is 250. The lowest BCUT2D eigenvalue weighted by Gasteiger charge is -2.02. The maximum Gasteiger partial charge on any atom is 0.155 e. The molecule has 0 saturated carbocycles. The third-order valence-corrected chi connectivity index (χ3v) is 3.32. The predicted molar refractivity (Wildman–Crippen MR) is 74.1 cm³/mol.